The van der Waals surface area contributed by atoms with Crippen LogP contribution in [0.15, 0.2) is 78.9 Å². The molecule has 0 aromatic heterocycles. The summed E-state index contributed by atoms with van der Waals surface area (Å²) in [4.78, 5) is 40.4. The third-order valence-corrected chi connectivity index (χ3v) is 6.03. The Balaban J connectivity index is 1.90. The number of halogens is 1. The Morgan fingerprint density at radius 2 is 1.58 bits per heavy atom. The molecular formula is C27H23ClO5. The molecule has 1 aliphatic heterocycles. The summed E-state index contributed by atoms with van der Waals surface area (Å²) in [6.45, 7) is 3.46. The zero-order valence-corrected chi connectivity index (χ0v) is 19.0. The SMILES string of the molecule is CC(C)OC(=O)C(CC(=O)c1ccc(Cl)cc1)C1(c2ccccc2)C(=O)Oc2ccccc21. The van der Waals surface area contributed by atoms with Crippen LogP contribution in [0, 0.1) is 5.92 Å². The number of ether oxygens (including phenoxy) is 2. The fourth-order valence-corrected chi connectivity index (χ4v) is 4.47. The van der Waals surface area contributed by atoms with Crippen LogP contribution in [0.4, 0.5) is 0 Å². The number of rotatable bonds is 7. The number of hydrogen-bond acceptors (Lipinski definition) is 5. The first-order valence-corrected chi connectivity index (χ1v) is 11.1. The van der Waals surface area contributed by atoms with Crippen molar-refractivity contribution < 1.29 is 23.9 Å². The number of carbonyl (C=O) groups is 3. The topological polar surface area (TPSA) is 69.7 Å². The van der Waals surface area contributed by atoms with Crippen molar-refractivity contribution in [1.29, 1.82) is 0 Å². The van der Waals surface area contributed by atoms with Crippen molar-refractivity contribution in [1.82, 2.24) is 0 Å². The number of fused-ring (bicyclic) bond motifs is 1. The average Bonchev–Trinajstić information content (AvgIpc) is 3.10. The lowest BCUT2D eigenvalue weighted by molar-refractivity contribution is -0.158. The molecule has 168 valence electrons. The van der Waals surface area contributed by atoms with E-state index in [1.165, 1.54) is 0 Å². The Bertz CT molecular complexity index is 1190. The molecule has 0 bridgehead atoms. The molecule has 0 aliphatic carbocycles. The van der Waals surface area contributed by atoms with Gasteiger partial charge in [-0.25, -0.2) is 0 Å². The van der Waals surface area contributed by atoms with E-state index in [4.69, 9.17) is 21.1 Å². The van der Waals surface area contributed by atoms with Crippen LogP contribution in [-0.2, 0) is 19.7 Å². The average molecular weight is 463 g/mol. The molecule has 3 aromatic rings. The van der Waals surface area contributed by atoms with Crippen molar-refractivity contribution in [2.45, 2.75) is 31.8 Å². The van der Waals surface area contributed by atoms with Crippen LogP contribution in [0.25, 0.3) is 0 Å². The van der Waals surface area contributed by atoms with Crippen molar-refractivity contribution >= 4 is 29.3 Å². The quantitative estimate of drug-likeness (QED) is 0.267. The minimum absolute atomic E-state index is 0.245. The van der Waals surface area contributed by atoms with E-state index >= 15 is 0 Å². The molecule has 0 spiro atoms. The second-order valence-electron chi connectivity index (χ2n) is 8.23. The summed E-state index contributed by atoms with van der Waals surface area (Å²) >= 11 is 5.96. The van der Waals surface area contributed by atoms with E-state index in [9.17, 15) is 14.4 Å². The normalized spacial score (nSPS) is 17.9. The van der Waals surface area contributed by atoms with Crippen LogP contribution < -0.4 is 4.74 Å². The highest BCUT2D eigenvalue weighted by atomic mass is 35.5. The summed E-state index contributed by atoms with van der Waals surface area (Å²) in [6, 6.07) is 22.4. The minimum Gasteiger partial charge on any atom is -0.463 e. The van der Waals surface area contributed by atoms with Crippen molar-refractivity contribution in [2.24, 2.45) is 5.92 Å². The molecule has 0 saturated carbocycles. The van der Waals surface area contributed by atoms with Crippen LogP contribution in [0.2, 0.25) is 5.02 Å². The van der Waals surface area contributed by atoms with Gasteiger partial charge in [-0.15, -0.1) is 0 Å². The Kier molecular flexibility index (Phi) is 6.34. The molecule has 0 N–H and O–H groups in total. The van der Waals surface area contributed by atoms with Gasteiger partial charge in [0.25, 0.3) is 0 Å². The van der Waals surface area contributed by atoms with Crippen molar-refractivity contribution in [3.05, 3.63) is 101 Å². The van der Waals surface area contributed by atoms with E-state index in [-0.39, 0.29) is 12.2 Å². The molecule has 3 aromatic carbocycles. The van der Waals surface area contributed by atoms with Gasteiger partial charge >= 0.3 is 11.9 Å². The zero-order chi connectivity index (χ0) is 23.6. The van der Waals surface area contributed by atoms with Gasteiger partial charge in [-0.3, -0.25) is 14.4 Å². The molecule has 5 nitrogen and oxygen atoms in total. The number of benzene rings is 3. The molecule has 2 atom stereocenters. The molecule has 6 heteroatoms. The molecule has 1 heterocycles. The summed E-state index contributed by atoms with van der Waals surface area (Å²) in [7, 11) is 0. The Hall–Kier alpha value is -3.44. The molecule has 0 radical (unpaired) electrons. The maximum absolute atomic E-state index is 13.6. The highest BCUT2D eigenvalue weighted by molar-refractivity contribution is 6.30. The van der Waals surface area contributed by atoms with Crippen LogP contribution >= 0.6 is 11.6 Å². The van der Waals surface area contributed by atoms with E-state index in [0.717, 1.165) is 0 Å². The van der Waals surface area contributed by atoms with E-state index < -0.39 is 29.4 Å². The van der Waals surface area contributed by atoms with E-state index in [0.29, 0.717) is 27.5 Å². The lowest BCUT2D eigenvalue weighted by Gasteiger charge is -2.34. The highest BCUT2D eigenvalue weighted by Crippen LogP contribution is 2.50. The van der Waals surface area contributed by atoms with Gasteiger partial charge in [-0.2, -0.15) is 0 Å². The first-order valence-electron chi connectivity index (χ1n) is 10.7. The standard InChI is InChI=1S/C27H23ClO5/c1-17(2)32-25(30)22(16-23(29)18-12-14-20(28)15-13-18)27(19-8-4-3-5-9-19)21-10-6-7-11-24(21)33-26(27)31/h3-15,17,22H,16H2,1-2H3. The third-order valence-electron chi connectivity index (χ3n) is 5.78. The van der Waals surface area contributed by atoms with E-state index in [1.807, 2.05) is 6.07 Å². The van der Waals surface area contributed by atoms with Crippen LogP contribution in [0.5, 0.6) is 5.75 Å². The first kappa shape index (κ1) is 22.7. The lowest BCUT2D eigenvalue weighted by atomic mass is 9.64. The van der Waals surface area contributed by atoms with Gasteiger partial charge in [0.05, 0.1) is 12.0 Å². The molecule has 0 amide bonds. The lowest BCUT2D eigenvalue weighted by Crippen LogP contribution is -2.48. The monoisotopic (exact) mass is 462 g/mol. The Morgan fingerprint density at radius 1 is 0.939 bits per heavy atom. The van der Waals surface area contributed by atoms with Gasteiger partial charge in [0.2, 0.25) is 0 Å². The first-order chi connectivity index (χ1) is 15.8. The fourth-order valence-electron chi connectivity index (χ4n) is 4.34. The minimum atomic E-state index is -1.52. The molecule has 4 rings (SSSR count). The largest absolute Gasteiger partial charge is 0.463 e. The van der Waals surface area contributed by atoms with Crippen molar-refractivity contribution in [3.8, 4) is 5.75 Å². The Labute approximate surface area is 197 Å². The number of hydrogen-bond donors (Lipinski definition) is 0. The van der Waals surface area contributed by atoms with Crippen molar-refractivity contribution in [3.63, 3.8) is 0 Å². The predicted molar refractivity (Wildman–Crippen MR) is 124 cm³/mol. The molecule has 33 heavy (non-hydrogen) atoms. The molecular weight excluding hydrogens is 440 g/mol. The van der Waals surface area contributed by atoms with Crippen LogP contribution in [0.1, 0.15) is 41.8 Å². The van der Waals surface area contributed by atoms with Gasteiger partial charge < -0.3 is 9.47 Å². The molecule has 0 saturated heterocycles. The molecule has 1 aliphatic rings. The van der Waals surface area contributed by atoms with E-state index in [2.05, 4.69) is 0 Å². The number of carbonyl (C=O) groups excluding carboxylic acids is 3. The Morgan fingerprint density at radius 3 is 2.24 bits per heavy atom. The van der Waals surface area contributed by atoms with Crippen LogP contribution in [0.3, 0.4) is 0 Å². The number of ketones is 1. The van der Waals surface area contributed by atoms with Crippen molar-refractivity contribution in [2.75, 3.05) is 0 Å². The zero-order valence-electron chi connectivity index (χ0n) is 18.3. The van der Waals surface area contributed by atoms with Gasteiger partial charge in [-0.1, -0.05) is 60.1 Å². The number of esters is 2. The van der Waals surface area contributed by atoms with Gasteiger partial charge in [0.15, 0.2) is 5.78 Å². The van der Waals surface area contributed by atoms with Gasteiger partial charge in [-0.05, 0) is 49.7 Å². The van der Waals surface area contributed by atoms with Gasteiger partial charge in [0.1, 0.15) is 11.2 Å². The summed E-state index contributed by atoms with van der Waals surface area (Å²) < 4.78 is 11.2. The third kappa shape index (κ3) is 4.16. The predicted octanol–water partition coefficient (Wildman–Crippen LogP) is 5.39. The number of Topliss-reactive ketones (excluding diaryl/α,β-unsaturated/α-hetero) is 1. The van der Waals surface area contributed by atoms with E-state index in [1.54, 1.807) is 86.6 Å². The fraction of sp³-hybridized carbons (Fsp3) is 0.222. The maximum atomic E-state index is 13.6. The van der Waals surface area contributed by atoms with Crippen LogP contribution in [-0.4, -0.2) is 23.8 Å². The molecule has 2 unspecified atom stereocenters. The summed E-state index contributed by atoms with van der Waals surface area (Å²) in [5.41, 5.74) is -0.0266. The summed E-state index contributed by atoms with van der Waals surface area (Å²) in [5.74, 6) is -2.31. The molecule has 0 fully saturated rings. The second-order valence-corrected chi connectivity index (χ2v) is 8.67. The second kappa shape index (κ2) is 9.20. The summed E-state index contributed by atoms with van der Waals surface area (Å²) in [5, 5.41) is 0.497. The highest BCUT2D eigenvalue weighted by Gasteiger charge is 2.59. The maximum Gasteiger partial charge on any atom is 0.327 e. The van der Waals surface area contributed by atoms with Gasteiger partial charge in [0, 0.05) is 22.6 Å². The smallest absolute Gasteiger partial charge is 0.327 e. The summed E-state index contributed by atoms with van der Waals surface area (Å²) in [6.07, 6.45) is -0.669. The number of para-hydroxylation sites is 1.